The van der Waals surface area contributed by atoms with E-state index in [2.05, 4.69) is 18.3 Å². The van der Waals surface area contributed by atoms with Crippen LogP contribution < -0.4 is 5.32 Å². The monoisotopic (exact) mass is 353 g/mol. The number of halogens is 1. The molecule has 1 amide bonds. The number of nitrogens with one attached hydrogen (secondary N) is 1. The van der Waals surface area contributed by atoms with Crippen LogP contribution in [0.4, 0.5) is 5.69 Å². The van der Waals surface area contributed by atoms with Gasteiger partial charge in [-0.15, -0.1) is 0 Å². The molecule has 1 N–H and O–H groups in total. The Balaban J connectivity index is 1.80. The van der Waals surface area contributed by atoms with Crippen LogP contribution >= 0.6 is 11.6 Å². The Bertz CT molecular complexity index is 800. The molecule has 3 rings (SSSR count). The lowest BCUT2D eigenvalue weighted by molar-refractivity contribution is -0.120. The van der Waals surface area contributed by atoms with Gasteiger partial charge in [-0.2, -0.15) is 5.26 Å². The normalized spacial score (nSPS) is 20.2. The van der Waals surface area contributed by atoms with Crippen molar-refractivity contribution in [3.05, 3.63) is 53.6 Å². The van der Waals surface area contributed by atoms with Gasteiger partial charge in [0.1, 0.15) is 0 Å². The highest BCUT2D eigenvalue weighted by Crippen LogP contribution is 2.30. The molecule has 0 aromatic heterocycles. The topological polar surface area (TPSA) is 56.1 Å². The summed E-state index contributed by atoms with van der Waals surface area (Å²) in [5.41, 5.74) is 2.66. The number of carbonyl (C=O) groups is 1. The lowest BCUT2D eigenvalue weighted by Crippen LogP contribution is -2.39. The zero-order chi connectivity index (χ0) is 17.8. The molecule has 1 aliphatic heterocycles. The molecule has 1 heterocycles. The molecule has 2 aromatic rings. The number of nitrogens with zero attached hydrogens (tertiary/aromatic N) is 2. The van der Waals surface area contributed by atoms with Crippen molar-refractivity contribution >= 4 is 23.2 Å². The highest BCUT2D eigenvalue weighted by atomic mass is 35.5. The minimum Gasteiger partial charge on any atom is -0.323 e. The van der Waals surface area contributed by atoms with Crippen LogP contribution in [0.3, 0.4) is 0 Å². The summed E-state index contributed by atoms with van der Waals surface area (Å²) in [7, 11) is 0. The first-order chi connectivity index (χ1) is 12.1. The average molecular weight is 354 g/mol. The van der Waals surface area contributed by atoms with Gasteiger partial charge >= 0.3 is 0 Å². The van der Waals surface area contributed by atoms with Gasteiger partial charge in [-0.3, -0.25) is 9.69 Å². The molecule has 0 spiro atoms. The molecule has 2 atom stereocenters. The van der Waals surface area contributed by atoms with Crippen molar-refractivity contribution in [1.29, 1.82) is 5.26 Å². The van der Waals surface area contributed by atoms with Gasteiger partial charge in [0.05, 0.1) is 29.4 Å². The summed E-state index contributed by atoms with van der Waals surface area (Å²) in [6, 6.07) is 17.4. The number of amides is 1. The molecule has 1 aliphatic rings. The number of anilines is 1. The third-order valence-electron chi connectivity index (χ3n) is 4.52. The summed E-state index contributed by atoms with van der Waals surface area (Å²) in [4.78, 5) is 14.7. The fourth-order valence-electron chi connectivity index (χ4n) is 3.32. The molecule has 0 unspecified atom stereocenters. The zero-order valence-corrected chi connectivity index (χ0v) is 14.8. The Hall–Kier alpha value is -2.35. The second-order valence-electron chi connectivity index (χ2n) is 6.49. The van der Waals surface area contributed by atoms with Crippen LogP contribution in [0.2, 0.25) is 5.02 Å². The van der Waals surface area contributed by atoms with Gasteiger partial charge in [0.2, 0.25) is 5.91 Å². The molecule has 0 saturated carbocycles. The van der Waals surface area contributed by atoms with Crippen LogP contribution in [0.15, 0.2) is 48.5 Å². The summed E-state index contributed by atoms with van der Waals surface area (Å²) >= 11 is 6.28. The first kappa shape index (κ1) is 17.5. The Morgan fingerprint density at radius 1 is 1.28 bits per heavy atom. The number of rotatable bonds is 4. The zero-order valence-electron chi connectivity index (χ0n) is 14.1. The summed E-state index contributed by atoms with van der Waals surface area (Å²) < 4.78 is 0. The summed E-state index contributed by atoms with van der Waals surface area (Å²) in [6.45, 7) is 3.13. The quantitative estimate of drug-likeness (QED) is 0.839. The minimum atomic E-state index is -0.286. The molecular formula is C20H20ClN3O. The van der Waals surface area contributed by atoms with Gasteiger partial charge < -0.3 is 5.32 Å². The van der Waals surface area contributed by atoms with Crippen LogP contribution in [0.5, 0.6) is 0 Å². The Labute approximate surface area is 153 Å². The fourth-order valence-corrected chi connectivity index (χ4v) is 3.48. The maximum absolute atomic E-state index is 12.7. The molecule has 2 aromatic carbocycles. The van der Waals surface area contributed by atoms with Crippen molar-refractivity contribution < 1.29 is 4.79 Å². The number of likely N-dealkylation sites (tertiary alicyclic amines) is 1. The fraction of sp³-hybridized carbons (Fsp3) is 0.300. The van der Waals surface area contributed by atoms with Crippen LogP contribution in [-0.2, 0) is 4.79 Å². The molecule has 128 valence electrons. The summed E-state index contributed by atoms with van der Waals surface area (Å²) in [5.74, 6) is 0.293. The van der Waals surface area contributed by atoms with Crippen molar-refractivity contribution in [3.8, 4) is 17.2 Å². The van der Waals surface area contributed by atoms with Gasteiger partial charge in [0.15, 0.2) is 0 Å². The first-order valence-corrected chi connectivity index (χ1v) is 8.73. The maximum Gasteiger partial charge on any atom is 0.241 e. The number of carbonyl (C=O) groups excluding carboxylic acids is 1. The molecule has 1 fully saturated rings. The molecule has 4 nitrogen and oxygen atoms in total. The summed E-state index contributed by atoms with van der Waals surface area (Å²) in [6.07, 6.45) is 0.753. The lowest BCUT2D eigenvalue weighted by atomic mass is 10.0. The summed E-state index contributed by atoms with van der Waals surface area (Å²) in [5, 5.41) is 12.4. The van der Waals surface area contributed by atoms with Crippen LogP contribution in [0, 0.1) is 17.2 Å². The van der Waals surface area contributed by atoms with Crippen molar-refractivity contribution in [3.63, 3.8) is 0 Å². The van der Waals surface area contributed by atoms with Crippen LogP contribution in [-0.4, -0.2) is 29.9 Å². The molecular weight excluding hydrogens is 334 g/mol. The van der Waals surface area contributed by atoms with E-state index in [-0.39, 0.29) is 18.5 Å². The number of hydrogen-bond donors (Lipinski definition) is 1. The largest absolute Gasteiger partial charge is 0.323 e. The van der Waals surface area contributed by atoms with E-state index in [0.717, 1.165) is 24.1 Å². The minimum absolute atomic E-state index is 0.105. The van der Waals surface area contributed by atoms with E-state index >= 15 is 0 Å². The smallest absolute Gasteiger partial charge is 0.241 e. The van der Waals surface area contributed by atoms with E-state index in [1.807, 2.05) is 47.4 Å². The number of nitriles is 1. The van der Waals surface area contributed by atoms with E-state index in [1.165, 1.54) is 0 Å². The van der Waals surface area contributed by atoms with Gasteiger partial charge in [-0.25, -0.2) is 0 Å². The van der Waals surface area contributed by atoms with E-state index < -0.39 is 0 Å². The Morgan fingerprint density at radius 3 is 2.76 bits per heavy atom. The van der Waals surface area contributed by atoms with Crippen molar-refractivity contribution in [2.75, 3.05) is 18.4 Å². The number of benzene rings is 2. The van der Waals surface area contributed by atoms with Crippen molar-refractivity contribution in [2.24, 2.45) is 5.92 Å². The third kappa shape index (κ3) is 4.01. The Kier molecular flexibility index (Phi) is 5.37. The van der Waals surface area contributed by atoms with Gasteiger partial charge in [0.25, 0.3) is 0 Å². The van der Waals surface area contributed by atoms with Crippen LogP contribution in [0.25, 0.3) is 11.1 Å². The van der Waals surface area contributed by atoms with E-state index in [1.54, 1.807) is 6.07 Å². The van der Waals surface area contributed by atoms with Gasteiger partial charge in [-0.1, -0.05) is 54.9 Å². The van der Waals surface area contributed by atoms with Gasteiger partial charge in [-0.05, 0) is 35.6 Å². The van der Waals surface area contributed by atoms with Gasteiger partial charge in [0, 0.05) is 6.54 Å². The lowest BCUT2D eigenvalue weighted by Gasteiger charge is -2.21. The van der Waals surface area contributed by atoms with Crippen molar-refractivity contribution in [2.45, 2.75) is 19.4 Å². The molecule has 25 heavy (non-hydrogen) atoms. The van der Waals surface area contributed by atoms with E-state index in [0.29, 0.717) is 16.6 Å². The predicted molar refractivity (Wildman–Crippen MR) is 100 cm³/mol. The second-order valence-corrected chi connectivity index (χ2v) is 6.90. The molecule has 0 radical (unpaired) electrons. The van der Waals surface area contributed by atoms with Crippen molar-refractivity contribution in [1.82, 2.24) is 4.90 Å². The Morgan fingerprint density at radius 2 is 2.04 bits per heavy atom. The number of hydrogen-bond acceptors (Lipinski definition) is 3. The molecule has 1 saturated heterocycles. The van der Waals surface area contributed by atoms with E-state index in [4.69, 9.17) is 16.9 Å². The molecule has 0 bridgehead atoms. The maximum atomic E-state index is 12.7. The third-order valence-corrected chi connectivity index (χ3v) is 4.85. The SMILES string of the molecule is C[C@H]1C[C@@H](C(=O)Nc2cc(-c3ccccc3)ccc2Cl)N(CC#N)C1. The first-order valence-electron chi connectivity index (χ1n) is 8.35. The molecule has 5 heteroatoms. The highest BCUT2D eigenvalue weighted by molar-refractivity contribution is 6.33. The predicted octanol–water partition coefficient (Wildman–Crippen LogP) is 4.18. The standard InChI is InChI=1S/C20H20ClN3O/c1-14-11-19(24(13-14)10-9-22)20(25)23-18-12-16(7-8-17(18)21)15-5-3-2-4-6-15/h2-8,12,14,19H,10-11,13H2,1H3,(H,23,25)/t14-,19-/m0/s1. The van der Waals surface area contributed by atoms with Crippen LogP contribution in [0.1, 0.15) is 13.3 Å². The van der Waals surface area contributed by atoms with E-state index in [9.17, 15) is 4.79 Å². The second kappa shape index (κ2) is 7.69. The highest BCUT2D eigenvalue weighted by Gasteiger charge is 2.34. The molecule has 0 aliphatic carbocycles. The average Bonchev–Trinajstić information content (AvgIpc) is 2.98.